The Morgan fingerprint density at radius 2 is 2.50 bits per heavy atom. The molecule has 0 radical (unpaired) electrons. The molecule has 1 N–H and O–H groups in total. The second-order valence-corrected chi connectivity index (χ2v) is 3.80. The Labute approximate surface area is 80.5 Å². The van der Waals surface area contributed by atoms with Crippen molar-refractivity contribution in [2.24, 2.45) is 0 Å². The number of carbonyl (C=O) groups excluding carboxylic acids is 1. The van der Waals surface area contributed by atoms with Crippen LogP contribution in [0.1, 0.15) is 10.4 Å². The Kier molecular flexibility index (Phi) is 3.56. The minimum atomic E-state index is -0.123. The first-order chi connectivity index (χ1) is 5.74. The van der Waals surface area contributed by atoms with Gasteiger partial charge >= 0.3 is 0 Å². The third-order valence-electron chi connectivity index (χ3n) is 1.56. The van der Waals surface area contributed by atoms with E-state index in [0.717, 1.165) is 0 Å². The SMILES string of the molecule is Cc1sccc1CNC(=O)CCl. The van der Waals surface area contributed by atoms with Gasteiger partial charge in [-0.2, -0.15) is 0 Å². The lowest BCUT2D eigenvalue weighted by atomic mass is 10.3. The van der Waals surface area contributed by atoms with Crippen molar-refractivity contribution >= 4 is 28.8 Å². The average molecular weight is 204 g/mol. The Balaban J connectivity index is 2.43. The number of halogens is 1. The minimum absolute atomic E-state index is 0.0309. The van der Waals surface area contributed by atoms with Crippen molar-refractivity contribution in [2.75, 3.05) is 5.88 Å². The zero-order chi connectivity index (χ0) is 8.97. The van der Waals surface area contributed by atoms with Gasteiger partial charge in [0.05, 0.1) is 0 Å². The third kappa shape index (κ3) is 2.50. The Morgan fingerprint density at radius 3 is 3.00 bits per heavy atom. The van der Waals surface area contributed by atoms with Gasteiger partial charge < -0.3 is 5.32 Å². The smallest absolute Gasteiger partial charge is 0.235 e. The normalized spacial score (nSPS) is 9.83. The van der Waals surface area contributed by atoms with Crippen molar-refractivity contribution < 1.29 is 4.79 Å². The second-order valence-electron chi connectivity index (χ2n) is 2.41. The predicted octanol–water partition coefficient (Wildman–Crippen LogP) is 1.91. The van der Waals surface area contributed by atoms with Gasteiger partial charge in [-0.3, -0.25) is 4.79 Å². The Bertz CT molecular complexity index is 272. The molecule has 0 spiro atoms. The van der Waals surface area contributed by atoms with E-state index in [1.54, 1.807) is 11.3 Å². The van der Waals surface area contributed by atoms with E-state index in [1.165, 1.54) is 10.4 Å². The highest BCUT2D eigenvalue weighted by Gasteiger charge is 2.01. The molecule has 0 unspecified atom stereocenters. The molecule has 2 nitrogen and oxygen atoms in total. The molecule has 0 aliphatic carbocycles. The number of rotatable bonds is 3. The van der Waals surface area contributed by atoms with E-state index in [-0.39, 0.29) is 11.8 Å². The summed E-state index contributed by atoms with van der Waals surface area (Å²) in [5.74, 6) is -0.0920. The number of amides is 1. The van der Waals surface area contributed by atoms with Crippen molar-refractivity contribution in [3.63, 3.8) is 0 Å². The molecule has 0 fully saturated rings. The van der Waals surface area contributed by atoms with Crippen molar-refractivity contribution in [3.8, 4) is 0 Å². The minimum Gasteiger partial charge on any atom is -0.351 e. The standard InChI is InChI=1S/C8H10ClNOS/c1-6-7(2-3-12-6)5-10-8(11)4-9/h2-3H,4-5H2,1H3,(H,10,11). The van der Waals surface area contributed by atoms with E-state index >= 15 is 0 Å². The summed E-state index contributed by atoms with van der Waals surface area (Å²) in [5, 5.41) is 4.72. The number of hydrogen-bond donors (Lipinski definition) is 1. The lowest BCUT2D eigenvalue weighted by molar-refractivity contribution is -0.118. The number of nitrogens with one attached hydrogen (secondary N) is 1. The van der Waals surface area contributed by atoms with Gasteiger partial charge in [-0.1, -0.05) is 0 Å². The van der Waals surface area contributed by atoms with E-state index in [9.17, 15) is 4.79 Å². The molecule has 0 saturated heterocycles. The number of alkyl halides is 1. The fourth-order valence-corrected chi connectivity index (χ4v) is 1.66. The molecule has 0 atom stereocenters. The first-order valence-electron chi connectivity index (χ1n) is 3.59. The molecule has 0 saturated carbocycles. The Hall–Kier alpha value is -0.540. The van der Waals surface area contributed by atoms with Crippen molar-refractivity contribution in [2.45, 2.75) is 13.5 Å². The molecule has 0 aliphatic heterocycles. The molecular weight excluding hydrogens is 194 g/mol. The van der Waals surface area contributed by atoms with E-state index < -0.39 is 0 Å². The van der Waals surface area contributed by atoms with Crippen LogP contribution >= 0.6 is 22.9 Å². The van der Waals surface area contributed by atoms with Crippen LogP contribution in [0.5, 0.6) is 0 Å². The van der Waals surface area contributed by atoms with Gasteiger partial charge in [-0.15, -0.1) is 22.9 Å². The summed E-state index contributed by atoms with van der Waals surface area (Å²) >= 11 is 7.00. The molecule has 4 heteroatoms. The van der Waals surface area contributed by atoms with Gasteiger partial charge in [-0.05, 0) is 23.9 Å². The van der Waals surface area contributed by atoms with Gasteiger partial charge in [0, 0.05) is 11.4 Å². The van der Waals surface area contributed by atoms with Gasteiger partial charge in [-0.25, -0.2) is 0 Å². The largest absolute Gasteiger partial charge is 0.351 e. The maximum atomic E-state index is 10.8. The summed E-state index contributed by atoms with van der Waals surface area (Å²) in [7, 11) is 0. The summed E-state index contributed by atoms with van der Waals surface area (Å²) in [4.78, 5) is 12.0. The van der Waals surface area contributed by atoms with Crippen LogP contribution < -0.4 is 5.32 Å². The fourth-order valence-electron chi connectivity index (χ4n) is 0.836. The summed E-state index contributed by atoms with van der Waals surface area (Å²) in [5.41, 5.74) is 1.17. The van der Waals surface area contributed by atoms with Gasteiger partial charge in [0.1, 0.15) is 5.88 Å². The second kappa shape index (κ2) is 4.48. The number of hydrogen-bond acceptors (Lipinski definition) is 2. The van der Waals surface area contributed by atoms with E-state index in [2.05, 4.69) is 5.32 Å². The number of carbonyl (C=O) groups is 1. The molecule has 12 heavy (non-hydrogen) atoms. The lowest BCUT2D eigenvalue weighted by Gasteiger charge is -2.01. The maximum Gasteiger partial charge on any atom is 0.235 e. The summed E-state index contributed by atoms with van der Waals surface area (Å²) in [6, 6.07) is 2.01. The van der Waals surface area contributed by atoms with Crippen LogP contribution in [0.15, 0.2) is 11.4 Å². The molecule has 1 aromatic rings. The lowest BCUT2D eigenvalue weighted by Crippen LogP contribution is -2.23. The fraction of sp³-hybridized carbons (Fsp3) is 0.375. The van der Waals surface area contributed by atoms with Gasteiger partial charge in [0.2, 0.25) is 5.91 Å². The molecule has 0 aromatic carbocycles. The van der Waals surface area contributed by atoms with Gasteiger partial charge in [0.15, 0.2) is 0 Å². The van der Waals surface area contributed by atoms with E-state index in [0.29, 0.717) is 6.54 Å². The highest BCUT2D eigenvalue weighted by Crippen LogP contribution is 2.14. The monoisotopic (exact) mass is 203 g/mol. The molecule has 0 aliphatic rings. The molecule has 66 valence electrons. The van der Waals surface area contributed by atoms with Crippen molar-refractivity contribution in [1.82, 2.24) is 5.32 Å². The molecule has 1 rings (SSSR count). The predicted molar refractivity (Wildman–Crippen MR) is 51.6 cm³/mol. The summed E-state index contributed by atoms with van der Waals surface area (Å²) < 4.78 is 0. The quantitative estimate of drug-likeness (QED) is 0.748. The van der Waals surface area contributed by atoms with Crippen LogP contribution in [0, 0.1) is 6.92 Å². The molecule has 1 aromatic heterocycles. The first kappa shape index (κ1) is 9.55. The summed E-state index contributed by atoms with van der Waals surface area (Å²) in [6.07, 6.45) is 0. The van der Waals surface area contributed by atoms with Crippen molar-refractivity contribution in [3.05, 3.63) is 21.9 Å². The van der Waals surface area contributed by atoms with Crippen LogP contribution in [0.3, 0.4) is 0 Å². The highest BCUT2D eigenvalue weighted by molar-refractivity contribution is 7.10. The zero-order valence-electron chi connectivity index (χ0n) is 6.76. The van der Waals surface area contributed by atoms with Crippen LogP contribution in [-0.2, 0) is 11.3 Å². The third-order valence-corrected chi connectivity index (χ3v) is 2.69. The van der Waals surface area contributed by atoms with Crippen molar-refractivity contribution in [1.29, 1.82) is 0 Å². The van der Waals surface area contributed by atoms with E-state index in [4.69, 9.17) is 11.6 Å². The molecular formula is C8H10ClNOS. The van der Waals surface area contributed by atoms with E-state index in [1.807, 2.05) is 18.4 Å². The van der Waals surface area contributed by atoms with Crippen LogP contribution in [0.25, 0.3) is 0 Å². The van der Waals surface area contributed by atoms with Crippen LogP contribution in [-0.4, -0.2) is 11.8 Å². The summed E-state index contributed by atoms with van der Waals surface area (Å²) in [6.45, 7) is 2.62. The average Bonchev–Trinajstić information content (AvgIpc) is 2.47. The van der Waals surface area contributed by atoms with Crippen LogP contribution in [0.2, 0.25) is 0 Å². The molecule has 1 amide bonds. The zero-order valence-corrected chi connectivity index (χ0v) is 8.34. The van der Waals surface area contributed by atoms with Crippen LogP contribution in [0.4, 0.5) is 0 Å². The van der Waals surface area contributed by atoms with Gasteiger partial charge in [0.25, 0.3) is 0 Å². The molecule has 1 heterocycles. The highest BCUT2D eigenvalue weighted by atomic mass is 35.5. The maximum absolute atomic E-state index is 10.8. The molecule has 0 bridgehead atoms. The first-order valence-corrected chi connectivity index (χ1v) is 5.01. The Morgan fingerprint density at radius 1 is 1.75 bits per heavy atom. The topological polar surface area (TPSA) is 29.1 Å². The number of aryl methyl sites for hydroxylation is 1. The number of thiophene rings is 1.